The Hall–Kier alpha value is -5.40. The number of aliphatic hydroxyl groups excluding tert-OH is 1. The van der Waals surface area contributed by atoms with Gasteiger partial charge in [0.05, 0.1) is 23.5 Å². The first kappa shape index (κ1) is 40.7. The highest BCUT2D eigenvalue weighted by Crippen LogP contribution is 2.75. The number of aromatic nitrogens is 6. The van der Waals surface area contributed by atoms with E-state index in [1.165, 1.54) is 32.1 Å². The van der Waals surface area contributed by atoms with Gasteiger partial charge in [0.1, 0.15) is 11.6 Å². The van der Waals surface area contributed by atoms with Crippen molar-refractivity contribution in [2.45, 2.75) is 105 Å². The molecule has 2 aromatic carbocycles. The van der Waals surface area contributed by atoms with Gasteiger partial charge in [-0.05, 0) is 142 Å². The molecule has 12 nitrogen and oxygen atoms in total. The Bertz CT molecular complexity index is 2690. The van der Waals surface area contributed by atoms with Gasteiger partial charge in [0.2, 0.25) is 0 Å². The second-order valence-electron chi connectivity index (χ2n) is 19.8. The van der Waals surface area contributed by atoms with Crippen molar-refractivity contribution in [2.24, 2.45) is 21.7 Å². The van der Waals surface area contributed by atoms with Crippen LogP contribution in [0.2, 0.25) is 0 Å². The van der Waals surface area contributed by atoms with Crippen molar-refractivity contribution in [3.63, 3.8) is 0 Å². The van der Waals surface area contributed by atoms with Crippen molar-refractivity contribution in [1.29, 1.82) is 0 Å². The van der Waals surface area contributed by atoms with E-state index < -0.39 is 5.97 Å². The number of carbonyl (C=O) groups is 1. The van der Waals surface area contributed by atoms with Gasteiger partial charge in [-0.1, -0.05) is 49.4 Å². The Labute approximate surface area is 366 Å². The zero-order chi connectivity index (χ0) is 43.2. The third kappa shape index (κ3) is 6.83. The highest BCUT2D eigenvalue weighted by Gasteiger charge is 2.65. The first-order valence-corrected chi connectivity index (χ1v) is 22.9. The van der Waals surface area contributed by atoms with E-state index in [4.69, 9.17) is 30.0 Å². The molecule has 62 heavy (non-hydrogen) atoms. The highest BCUT2D eigenvalue weighted by molar-refractivity contribution is 7.22. The number of pyridine rings is 1. The van der Waals surface area contributed by atoms with E-state index in [9.17, 15) is 15.0 Å². The van der Waals surface area contributed by atoms with E-state index in [-0.39, 0.29) is 34.0 Å². The van der Waals surface area contributed by atoms with E-state index in [0.29, 0.717) is 29.6 Å². The molecule has 4 bridgehead atoms. The lowest BCUT2D eigenvalue weighted by Gasteiger charge is -2.70. The number of aromatic carboxylic acids is 1. The van der Waals surface area contributed by atoms with Crippen LogP contribution in [-0.2, 0) is 13.0 Å². The van der Waals surface area contributed by atoms with Crippen molar-refractivity contribution >= 4 is 50.1 Å². The number of anilines is 4. The number of hydrogen-bond donors (Lipinski definition) is 3. The fraction of sp³-hybridized carbons (Fsp3) is 0.469. The molecule has 0 radical (unpaired) electrons. The van der Waals surface area contributed by atoms with Crippen LogP contribution in [0.5, 0.6) is 5.75 Å². The molecule has 2 atom stereocenters. The molecule has 5 aliphatic rings. The summed E-state index contributed by atoms with van der Waals surface area (Å²) < 4.78 is 8.80. The van der Waals surface area contributed by atoms with Gasteiger partial charge in [-0.2, -0.15) is 5.10 Å². The van der Waals surface area contributed by atoms with E-state index >= 15 is 0 Å². The molecule has 4 saturated carbocycles. The van der Waals surface area contributed by atoms with Crippen molar-refractivity contribution in [3.05, 3.63) is 82.8 Å². The second kappa shape index (κ2) is 14.9. The van der Waals surface area contributed by atoms with Crippen molar-refractivity contribution in [2.75, 3.05) is 30.5 Å². The first-order chi connectivity index (χ1) is 29.7. The van der Waals surface area contributed by atoms with Crippen molar-refractivity contribution in [1.82, 2.24) is 29.9 Å². The van der Waals surface area contributed by atoms with Crippen LogP contribution < -0.4 is 15.0 Å². The largest absolute Gasteiger partial charge is 0.497 e. The minimum atomic E-state index is -1.10. The van der Waals surface area contributed by atoms with E-state index in [2.05, 4.69) is 48.7 Å². The molecule has 5 heterocycles. The molecule has 4 fully saturated rings. The minimum Gasteiger partial charge on any atom is -0.497 e. The number of ether oxygens (including phenoxy) is 1. The standard InChI is InChI=1S/C49H56N8O4S/c1-29-34-11-9-19-56(42(34)55-54-41(29)53-45-51-36-12-7-8-13-37(36)62-45)43-38(32-14-16-33(61-6)17-15-32)30(2)39(40(52-43)44(59)60)35-21-50-57(31(35)3)28-49-25-46(4)22-47(5,26-49)24-48(23-46,27-49)18-10-20-58/h7-8,12-17,21,58H,9-11,18-20,22-28H2,1-6H3,(H,59,60)(H,51,53,54). The predicted octanol–water partition coefficient (Wildman–Crippen LogP) is 10.6. The maximum absolute atomic E-state index is 13.5. The summed E-state index contributed by atoms with van der Waals surface area (Å²) in [4.78, 5) is 25.5. The van der Waals surface area contributed by atoms with Crippen LogP contribution in [0.4, 0.5) is 22.6 Å². The Morgan fingerprint density at radius 3 is 2.34 bits per heavy atom. The number of carboxylic acids is 1. The highest BCUT2D eigenvalue weighted by atomic mass is 32.1. The summed E-state index contributed by atoms with van der Waals surface area (Å²) in [5, 5.41) is 39.7. The maximum atomic E-state index is 13.5. The molecule has 4 aliphatic carbocycles. The number of carboxylic acid groups (broad SMARTS) is 1. The molecule has 322 valence electrons. The Morgan fingerprint density at radius 1 is 0.887 bits per heavy atom. The van der Waals surface area contributed by atoms with Gasteiger partial charge in [0, 0.05) is 53.2 Å². The van der Waals surface area contributed by atoms with Crippen LogP contribution >= 0.6 is 11.3 Å². The molecule has 0 amide bonds. The number of rotatable bonds is 12. The van der Waals surface area contributed by atoms with Crippen LogP contribution in [0.3, 0.4) is 0 Å². The van der Waals surface area contributed by atoms with E-state index in [0.717, 1.165) is 98.8 Å². The summed E-state index contributed by atoms with van der Waals surface area (Å²) in [7, 11) is 1.65. The lowest BCUT2D eigenvalue weighted by atomic mass is 9.35. The van der Waals surface area contributed by atoms with Crippen LogP contribution in [0.15, 0.2) is 54.7 Å². The van der Waals surface area contributed by atoms with Crippen LogP contribution in [0, 0.1) is 42.4 Å². The second-order valence-corrected chi connectivity index (χ2v) is 20.9. The van der Waals surface area contributed by atoms with E-state index in [1.807, 2.05) is 55.6 Å². The zero-order valence-corrected chi connectivity index (χ0v) is 37.5. The van der Waals surface area contributed by atoms with Gasteiger partial charge in [-0.15, -0.1) is 10.2 Å². The molecular weight excluding hydrogens is 797 g/mol. The summed E-state index contributed by atoms with van der Waals surface area (Å²) in [5.41, 5.74) is 8.64. The van der Waals surface area contributed by atoms with Crippen LogP contribution in [-0.4, -0.2) is 66.4 Å². The average Bonchev–Trinajstić information content (AvgIpc) is 3.80. The van der Waals surface area contributed by atoms with Gasteiger partial charge in [0.25, 0.3) is 0 Å². The molecule has 6 aromatic rings. The summed E-state index contributed by atoms with van der Waals surface area (Å²) >= 11 is 1.57. The molecule has 0 saturated heterocycles. The lowest BCUT2D eigenvalue weighted by Crippen LogP contribution is -2.60. The molecule has 1 aliphatic heterocycles. The third-order valence-electron chi connectivity index (χ3n) is 14.7. The minimum absolute atomic E-state index is 0.0128. The van der Waals surface area contributed by atoms with Crippen molar-refractivity contribution < 1.29 is 19.7 Å². The summed E-state index contributed by atoms with van der Waals surface area (Å²) in [6.45, 7) is 12.8. The molecule has 4 aromatic heterocycles. The van der Waals surface area contributed by atoms with Gasteiger partial charge in [-0.3, -0.25) is 4.68 Å². The smallest absolute Gasteiger partial charge is 0.355 e. The number of nitrogens with one attached hydrogen (secondary N) is 1. The van der Waals surface area contributed by atoms with Crippen molar-refractivity contribution in [3.8, 4) is 28.0 Å². The maximum Gasteiger partial charge on any atom is 0.355 e. The number of nitrogens with zero attached hydrogens (tertiary/aromatic N) is 7. The Morgan fingerprint density at radius 2 is 1.63 bits per heavy atom. The molecule has 3 N–H and O–H groups in total. The number of thiazole rings is 1. The monoisotopic (exact) mass is 852 g/mol. The summed E-state index contributed by atoms with van der Waals surface area (Å²) in [6, 6.07) is 15.9. The summed E-state index contributed by atoms with van der Waals surface area (Å²) in [5.74, 6) is 1.48. The molecule has 11 rings (SSSR count). The number of fused-ring (bicyclic) bond motifs is 2. The molecular formula is C49H56N8O4S. The number of para-hydroxylation sites is 1. The summed E-state index contributed by atoms with van der Waals surface area (Å²) in [6.07, 6.45) is 12.6. The number of methoxy groups -OCH3 is 1. The van der Waals surface area contributed by atoms with Crippen LogP contribution in [0.1, 0.15) is 105 Å². The van der Waals surface area contributed by atoms with Crippen LogP contribution in [0.25, 0.3) is 32.5 Å². The topological polar surface area (TPSA) is 151 Å². The number of hydrogen-bond acceptors (Lipinski definition) is 11. The molecule has 0 spiro atoms. The zero-order valence-electron chi connectivity index (χ0n) is 36.6. The number of aliphatic hydroxyl groups is 1. The quantitative estimate of drug-likeness (QED) is 0.108. The molecule has 13 heteroatoms. The van der Waals surface area contributed by atoms with Gasteiger partial charge >= 0.3 is 5.97 Å². The SMILES string of the molecule is COc1ccc(-c2c(N3CCCc4c3nnc(Nc3nc5ccccc5s3)c4C)nc(C(=O)O)c(-c3cnn(CC45CC6(C)CC(C)(CC(CCCO)(C6)C4)C5)c3C)c2C)cc1. The average molecular weight is 853 g/mol. The molecule has 2 unspecified atom stereocenters. The number of benzene rings is 2. The fourth-order valence-corrected chi connectivity index (χ4v) is 14.5. The van der Waals surface area contributed by atoms with Gasteiger partial charge < -0.3 is 25.2 Å². The third-order valence-corrected chi connectivity index (χ3v) is 15.7. The van der Waals surface area contributed by atoms with Gasteiger partial charge in [0.15, 0.2) is 22.5 Å². The van der Waals surface area contributed by atoms with Gasteiger partial charge in [-0.25, -0.2) is 14.8 Å². The lowest BCUT2D eigenvalue weighted by molar-refractivity contribution is -0.198. The fourth-order valence-electron chi connectivity index (χ4n) is 13.7. The Balaban J connectivity index is 1.06. The normalized spacial score (nSPS) is 25.0. The van der Waals surface area contributed by atoms with E-state index in [1.54, 1.807) is 18.4 Å². The Kier molecular flexibility index (Phi) is 9.75. The first-order valence-electron chi connectivity index (χ1n) is 22.1. The predicted molar refractivity (Wildman–Crippen MR) is 244 cm³/mol.